The monoisotopic (exact) mass is 329 g/mol. The quantitative estimate of drug-likeness (QED) is 0.910. The molecule has 1 aliphatic heterocycles. The molecule has 7 heteroatoms. The number of anilines is 2. The summed E-state index contributed by atoms with van der Waals surface area (Å²) in [5.41, 5.74) is 1.92. The number of nitrogens with one attached hydrogen (secondary N) is 1. The second-order valence-electron chi connectivity index (χ2n) is 5.72. The van der Waals surface area contributed by atoms with Gasteiger partial charge in [-0.3, -0.25) is 4.68 Å². The van der Waals surface area contributed by atoms with Gasteiger partial charge in [0.25, 0.3) is 0 Å². The van der Waals surface area contributed by atoms with Gasteiger partial charge in [-0.05, 0) is 12.1 Å². The summed E-state index contributed by atoms with van der Waals surface area (Å²) >= 11 is 0. The smallest absolute Gasteiger partial charge is 0.322 e. The van der Waals surface area contributed by atoms with E-state index in [1.807, 2.05) is 29.3 Å². The summed E-state index contributed by atoms with van der Waals surface area (Å²) < 4.78 is 6.77. The number of amides is 2. The summed E-state index contributed by atoms with van der Waals surface area (Å²) in [6, 6.07) is 10.2. The third-order valence-corrected chi connectivity index (χ3v) is 4.10. The van der Waals surface area contributed by atoms with Crippen molar-refractivity contribution in [1.29, 1.82) is 0 Å². The van der Waals surface area contributed by atoms with Crippen molar-refractivity contribution in [3.8, 4) is 0 Å². The number of nitrogens with zero attached hydrogens (tertiary/aromatic N) is 4. The summed E-state index contributed by atoms with van der Waals surface area (Å²) in [5.74, 6) is 0. The Balaban J connectivity index is 1.49. The first-order valence-corrected chi connectivity index (χ1v) is 8.13. The first-order chi connectivity index (χ1) is 11.8. The van der Waals surface area contributed by atoms with Crippen LogP contribution in [-0.4, -0.2) is 60.6 Å². The fourth-order valence-corrected chi connectivity index (χ4v) is 2.74. The van der Waals surface area contributed by atoms with Gasteiger partial charge in [-0.1, -0.05) is 18.2 Å². The molecule has 2 heterocycles. The lowest BCUT2D eigenvalue weighted by Gasteiger charge is -2.35. The normalized spacial score (nSPS) is 14.7. The SMILES string of the molecule is COCCn1cc(NC(=O)N2CCN(c3ccccc3)CC2)cn1. The molecule has 1 N–H and O–H groups in total. The highest BCUT2D eigenvalue weighted by Gasteiger charge is 2.21. The number of benzene rings is 1. The van der Waals surface area contributed by atoms with Crippen LogP contribution in [0.4, 0.5) is 16.2 Å². The molecule has 1 aliphatic rings. The second-order valence-corrected chi connectivity index (χ2v) is 5.72. The Labute approximate surface area is 141 Å². The number of hydrogen-bond donors (Lipinski definition) is 1. The third-order valence-electron chi connectivity index (χ3n) is 4.10. The van der Waals surface area contributed by atoms with E-state index in [1.54, 1.807) is 18.0 Å². The van der Waals surface area contributed by atoms with Crippen LogP contribution in [0.5, 0.6) is 0 Å². The molecule has 7 nitrogen and oxygen atoms in total. The Morgan fingerprint density at radius 2 is 1.96 bits per heavy atom. The topological polar surface area (TPSA) is 62.6 Å². The Kier molecular flexibility index (Phi) is 5.32. The van der Waals surface area contributed by atoms with Crippen molar-refractivity contribution in [3.05, 3.63) is 42.7 Å². The van der Waals surface area contributed by atoms with E-state index in [2.05, 4.69) is 27.4 Å². The summed E-state index contributed by atoms with van der Waals surface area (Å²) in [6.07, 6.45) is 3.48. The van der Waals surface area contributed by atoms with Crippen LogP contribution in [0.3, 0.4) is 0 Å². The Hall–Kier alpha value is -2.54. The number of piperazine rings is 1. The van der Waals surface area contributed by atoms with E-state index in [4.69, 9.17) is 4.74 Å². The molecule has 0 aliphatic carbocycles. The number of urea groups is 1. The lowest BCUT2D eigenvalue weighted by atomic mass is 10.2. The zero-order valence-electron chi connectivity index (χ0n) is 13.9. The number of para-hydroxylation sites is 1. The van der Waals surface area contributed by atoms with Crippen LogP contribution in [0.25, 0.3) is 0 Å². The predicted octanol–water partition coefficient (Wildman–Crippen LogP) is 1.88. The highest BCUT2D eigenvalue weighted by molar-refractivity contribution is 5.89. The van der Waals surface area contributed by atoms with Crippen LogP contribution in [-0.2, 0) is 11.3 Å². The van der Waals surface area contributed by atoms with E-state index in [1.165, 1.54) is 5.69 Å². The predicted molar refractivity (Wildman–Crippen MR) is 93.3 cm³/mol. The van der Waals surface area contributed by atoms with Gasteiger partial charge in [0.1, 0.15) is 0 Å². The summed E-state index contributed by atoms with van der Waals surface area (Å²) in [5, 5.41) is 7.11. The van der Waals surface area contributed by atoms with Crippen molar-refractivity contribution in [2.24, 2.45) is 0 Å². The van der Waals surface area contributed by atoms with Crippen molar-refractivity contribution in [1.82, 2.24) is 14.7 Å². The molecule has 0 radical (unpaired) electrons. The summed E-state index contributed by atoms with van der Waals surface area (Å²) in [4.78, 5) is 16.5. The molecule has 2 amide bonds. The van der Waals surface area contributed by atoms with E-state index in [-0.39, 0.29) is 6.03 Å². The first kappa shape index (κ1) is 16.3. The Bertz CT molecular complexity index is 650. The van der Waals surface area contributed by atoms with Gasteiger partial charge >= 0.3 is 6.03 Å². The van der Waals surface area contributed by atoms with Gasteiger partial charge in [0.2, 0.25) is 0 Å². The maximum atomic E-state index is 12.4. The lowest BCUT2D eigenvalue weighted by Crippen LogP contribution is -2.50. The van der Waals surface area contributed by atoms with Gasteiger partial charge in [-0.15, -0.1) is 0 Å². The molecule has 0 bridgehead atoms. The van der Waals surface area contributed by atoms with Gasteiger partial charge in [0, 0.05) is 45.2 Å². The molecule has 1 aromatic heterocycles. The zero-order chi connectivity index (χ0) is 16.8. The number of carbonyl (C=O) groups is 1. The molecule has 1 fully saturated rings. The Morgan fingerprint density at radius 3 is 2.67 bits per heavy atom. The van der Waals surface area contributed by atoms with Gasteiger partial charge in [0.05, 0.1) is 25.0 Å². The highest BCUT2D eigenvalue weighted by atomic mass is 16.5. The van der Waals surface area contributed by atoms with Gasteiger partial charge < -0.3 is 19.9 Å². The van der Waals surface area contributed by atoms with Crippen LogP contribution in [0.15, 0.2) is 42.7 Å². The first-order valence-electron chi connectivity index (χ1n) is 8.13. The number of ether oxygens (including phenoxy) is 1. The van der Waals surface area contributed by atoms with Crippen LogP contribution in [0.2, 0.25) is 0 Å². The Morgan fingerprint density at radius 1 is 1.21 bits per heavy atom. The molecule has 0 saturated carbocycles. The average molecular weight is 329 g/mol. The molecule has 1 saturated heterocycles. The van der Waals surface area contributed by atoms with Crippen LogP contribution < -0.4 is 10.2 Å². The van der Waals surface area contributed by atoms with E-state index in [0.717, 1.165) is 13.1 Å². The van der Waals surface area contributed by atoms with Crippen LogP contribution >= 0.6 is 0 Å². The van der Waals surface area contributed by atoms with E-state index < -0.39 is 0 Å². The van der Waals surface area contributed by atoms with Gasteiger partial charge in [0.15, 0.2) is 0 Å². The molecule has 1 aromatic carbocycles. The molecule has 0 unspecified atom stereocenters. The molecule has 24 heavy (non-hydrogen) atoms. The van der Waals surface area contributed by atoms with Crippen molar-refractivity contribution in [3.63, 3.8) is 0 Å². The highest BCUT2D eigenvalue weighted by Crippen LogP contribution is 2.16. The molecule has 0 spiro atoms. The van der Waals surface area contributed by atoms with E-state index in [9.17, 15) is 4.79 Å². The molecule has 128 valence electrons. The summed E-state index contributed by atoms with van der Waals surface area (Å²) in [7, 11) is 1.65. The maximum absolute atomic E-state index is 12.4. The number of aromatic nitrogens is 2. The standard InChI is InChI=1S/C17H23N5O2/c1-24-12-11-22-14-15(13-18-22)19-17(23)21-9-7-20(8-10-21)16-5-3-2-4-6-16/h2-6,13-14H,7-12H2,1H3,(H,19,23). The van der Waals surface area contributed by atoms with Crippen molar-refractivity contribution in [2.75, 3.05) is 50.1 Å². The van der Waals surface area contributed by atoms with Crippen LogP contribution in [0.1, 0.15) is 0 Å². The molecule has 3 rings (SSSR count). The largest absolute Gasteiger partial charge is 0.383 e. The zero-order valence-corrected chi connectivity index (χ0v) is 13.9. The minimum Gasteiger partial charge on any atom is -0.383 e. The van der Waals surface area contributed by atoms with E-state index >= 15 is 0 Å². The molecular weight excluding hydrogens is 306 g/mol. The fraction of sp³-hybridized carbons (Fsp3) is 0.412. The number of carbonyl (C=O) groups excluding carboxylic acids is 1. The fourth-order valence-electron chi connectivity index (χ4n) is 2.74. The van der Waals surface area contributed by atoms with Crippen molar-refractivity contribution < 1.29 is 9.53 Å². The van der Waals surface area contributed by atoms with E-state index in [0.29, 0.717) is 31.9 Å². The van der Waals surface area contributed by atoms with Crippen LogP contribution in [0, 0.1) is 0 Å². The number of rotatable bonds is 5. The third kappa shape index (κ3) is 4.05. The minimum absolute atomic E-state index is 0.0750. The van der Waals surface area contributed by atoms with Gasteiger partial charge in [-0.2, -0.15) is 5.10 Å². The minimum atomic E-state index is -0.0750. The maximum Gasteiger partial charge on any atom is 0.322 e. The van der Waals surface area contributed by atoms with Gasteiger partial charge in [-0.25, -0.2) is 4.79 Å². The van der Waals surface area contributed by atoms with Crippen molar-refractivity contribution >= 4 is 17.4 Å². The second kappa shape index (κ2) is 7.83. The molecule has 2 aromatic rings. The number of hydrogen-bond acceptors (Lipinski definition) is 4. The number of methoxy groups -OCH3 is 1. The lowest BCUT2D eigenvalue weighted by molar-refractivity contribution is 0.183. The van der Waals surface area contributed by atoms with Crippen molar-refractivity contribution in [2.45, 2.75) is 6.54 Å². The summed E-state index contributed by atoms with van der Waals surface area (Å²) in [6.45, 7) is 4.35. The molecular formula is C17H23N5O2. The average Bonchev–Trinajstić information content (AvgIpc) is 3.08. The molecule has 0 atom stereocenters.